The van der Waals surface area contributed by atoms with Gasteiger partial charge in [0, 0.05) is 21.9 Å². The molecule has 0 saturated heterocycles. The van der Waals surface area contributed by atoms with Crippen molar-refractivity contribution in [2.24, 2.45) is 0 Å². The van der Waals surface area contributed by atoms with E-state index in [1.54, 1.807) is 0 Å². The molecule has 0 amide bonds. The van der Waals surface area contributed by atoms with Gasteiger partial charge in [0.2, 0.25) is 0 Å². The van der Waals surface area contributed by atoms with Crippen molar-refractivity contribution in [3.63, 3.8) is 0 Å². The normalized spacial score (nSPS) is 11.7. The van der Waals surface area contributed by atoms with Crippen molar-refractivity contribution in [2.45, 2.75) is 0 Å². The van der Waals surface area contributed by atoms with E-state index in [1.165, 1.54) is 43.6 Å². The van der Waals surface area contributed by atoms with Gasteiger partial charge >= 0.3 is 0 Å². The zero-order chi connectivity index (χ0) is 38.9. The summed E-state index contributed by atoms with van der Waals surface area (Å²) in [7, 11) is 0. The Bertz CT molecular complexity index is 3610. The number of rotatable bonds is 5. The van der Waals surface area contributed by atoms with Gasteiger partial charge in [0.25, 0.3) is 0 Å². The van der Waals surface area contributed by atoms with Crippen molar-refractivity contribution < 1.29 is 4.42 Å². The second-order valence-electron chi connectivity index (χ2n) is 15.1. The Kier molecular flexibility index (Phi) is 7.50. The lowest BCUT2D eigenvalue weighted by molar-refractivity contribution is 0.669. The highest BCUT2D eigenvalue weighted by molar-refractivity contribution is 6.15. The minimum Gasteiger partial charge on any atom is -0.455 e. The number of nitrogens with zero attached hydrogens (tertiary/aromatic N) is 3. The summed E-state index contributed by atoms with van der Waals surface area (Å²) in [5, 5.41) is 11.5. The van der Waals surface area contributed by atoms with Gasteiger partial charge in [-0.25, -0.2) is 15.0 Å². The monoisotopic (exact) mass is 751 g/mol. The molecular weight excluding hydrogens is 719 g/mol. The zero-order valence-corrected chi connectivity index (χ0v) is 31.8. The fraction of sp³-hybridized carbons (Fsp3) is 0. The number of benzene rings is 10. The number of fused-ring (bicyclic) bond motifs is 8. The molecule has 4 heteroatoms. The molecule has 12 rings (SSSR count). The van der Waals surface area contributed by atoms with Crippen LogP contribution in [0.4, 0.5) is 0 Å². The third-order valence-electron chi connectivity index (χ3n) is 11.7. The first-order chi connectivity index (χ1) is 29.2. The SMILES string of the molecule is c1ccc2c(-c3ccc(-c4nc(-c5cc6ccc(-c7cccc8ccccc78)cc6c6ccccc56)nc(-c5cccc6c5oc5ccccc56)n4)cc3)cccc2c1. The van der Waals surface area contributed by atoms with Crippen LogP contribution in [0, 0.1) is 0 Å². The van der Waals surface area contributed by atoms with Crippen LogP contribution in [0.25, 0.3) is 121 Å². The van der Waals surface area contributed by atoms with Crippen LogP contribution >= 0.6 is 0 Å². The van der Waals surface area contributed by atoms with Gasteiger partial charge in [-0.3, -0.25) is 0 Å². The molecule has 274 valence electrons. The molecule has 2 heterocycles. The molecule has 0 radical (unpaired) electrons. The van der Waals surface area contributed by atoms with Gasteiger partial charge in [-0.1, -0.05) is 176 Å². The van der Waals surface area contributed by atoms with Crippen LogP contribution in [-0.2, 0) is 0 Å². The molecule has 0 aliphatic carbocycles. The lowest BCUT2D eigenvalue weighted by Gasteiger charge is -2.14. The number of furan rings is 1. The Morgan fingerprint density at radius 2 is 0.780 bits per heavy atom. The lowest BCUT2D eigenvalue weighted by atomic mass is 9.92. The molecule has 4 nitrogen and oxygen atoms in total. The maximum Gasteiger partial charge on any atom is 0.167 e. The Labute approximate surface area is 339 Å². The molecule has 0 fully saturated rings. The van der Waals surface area contributed by atoms with E-state index in [9.17, 15) is 0 Å². The van der Waals surface area contributed by atoms with Crippen molar-refractivity contribution in [3.05, 3.63) is 200 Å². The highest BCUT2D eigenvalue weighted by Gasteiger charge is 2.20. The predicted molar refractivity (Wildman–Crippen MR) is 244 cm³/mol. The molecule has 0 aliphatic heterocycles. The number of aromatic nitrogens is 3. The highest BCUT2D eigenvalue weighted by atomic mass is 16.3. The molecule has 2 aromatic heterocycles. The van der Waals surface area contributed by atoms with Gasteiger partial charge in [0.05, 0.1) is 5.56 Å². The van der Waals surface area contributed by atoms with Crippen LogP contribution in [0.2, 0.25) is 0 Å². The van der Waals surface area contributed by atoms with Gasteiger partial charge in [-0.2, -0.15) is 0 Å². The lowest BCUT2D eigenvalue weighted by Crippen LogP contribution is -2.01. The average molecular weight is 752 g/mol. The summed E-state index contributed by atoms with van der Waals surface area (Å²) >= 11 is 0. The van der Waals surface area contributed by atoms with Crippen molar-refractivity contribution >= 4 is 65.0 Å². The summed E-state index contributed by atoms with van der Waals surface area (Å²) in [6.45, 7) is 0. The first-order valence-electron chi connectivity index (χ1n) is 19.9. The highest BCUT2D eigenvalue weighted by Crippen LogP contribution is 2.40. The predicted octanol–water partition coefficient (Wildman–Crippen LogP) is 14.7. The minimum atomic E-state index is 0.559. The molecular formula is C55H33N3O. The van der Waals surface area contributed by atoms with E-state index in [0.29, 0.717) is 17.5 Å². The summed E-state index contributed by atoms with van der Waals surface area (Å²) in [5.74, 6) is 1.76. The van der Waals surface area contributed by atoms with E-state index >= 15 is 0 Å². The summed E-state index contributed by atoms with van der Waals surface area (Å²) in [5.41, 5.74) is 8.98. The third kappa shape index (κ3) is 5.49. The van der Waals surface area contributed by atoms with E-state index in [2.05, 4.69) is 176 Å². The van der Waals surface area contributed by atoms with Gasteiger partial charge in [0.1, 0.15) is 11.2 Å². The van der Waals surface area contributed by atoms with Gasteiger partial charge in [-0.05, 0) is 89.6 Å². The van der Waals surface area contributed by atoms with Crippen LogP contribution in [0.1, 0.15) is 0 Å². The second kappa shape index (κ2) is 13.3. The molecule has 0 bridgehead atoms. The van der Waals surface area contributed by atoms with Crippen molar-refractivity contribution in [2.75, 3.05) is 0 Å². The molecule has 0 saturated carbocycles. The summed E-state index contributed by atoms with van der Waals surface area (Å²) in [4.78, 5) is 15.8. The van der Waals surface area contributed by atoms with E-state index in [4.69, 9.17) is 19.4 Å². The maximum atomic E-state index is 6.53. The first-order valence-corrected chi connectivity index (χ1v) is 19.9. The number of hydrogen-bond donors (Lipinski definition) is 0. The molecule has 12 aromatic rings. The van der Waals surface area contributed by atoms with E-state index in [-0.39, 0.29) is 0 Å². The zero-order valence-electron chi connectivity index (χ0n) is 31.8. The fourth-order valence-electron chi connectivity index (χ4n) is 8.88. The average Bonchev–Trinajstić information content (AvgIpc) is 3.70. The maximum absolute atomic E-state index is 6.53. The van der Waals surface area contributed by atoms with Crippen LogP contribution in [0.15, 0.2) is 205 Å². The van der Waals surface area contributed by atoms with Crippen LogP contribution in [0.3, 0.4) is 0 Å². The standard InChI is InChI=1S/C55H33N3O/c1-3-16-40-34(12-1)14-9-21-42(40)36-26-28-37(29-27-36)53-56-54(48-24-11-23-47-46-20-7-8-25-51(46)59-52(47)48)58-55(57-53)50-33-39-31-30-38(32-49(39)44-18-5-6-19-45(44)50)43-22-10-15-35-13-2-4-17-41(35)43/h1-33H. The van der Waals surface area contributed by atoms with Crippen molar-refractivity contribution in [1.29, 1.82) is 0 Å². The molecule has 0 atom stereocenters. The Morgan fingerprint density at radius 1 is 0.271 bits per heavy atom. The van der Waals surface area contributed by atoms with Gasteiger partial charge < -0.3 is 4.42 Å². The van der Waals surface area contributed by atoms with E-state index in [0.717, 1.165) is 60.4 Å². The number of para-hydroxylation sites is 2. The summed E-state index contributed by atoms with van der Waals surface area (Å²) < 4.78 is 6.53. The van der Waals surface area contributed by atoms with E-state index < -0.39 is 0 Å². The summed E-state index contributed by atoms with van der Waals surface area (Å²) in [6, 6.07) is 70.6. The largest absolute Gasteiger partial charge is 0.455 e. The van der Waals surface area contributed by atoms with Crippen LogP contribution in [-0.4, -0.2) is 15.0 Å². The van der Waals surface area contributed by atoms with Crippen LogP contribution < -0.4 is 0 Å². The topological polar surface area (TPSA) is 51.8 Å². The fourth-order valence-corrected chi connectivity index (χ4v) is 8.88. The smallest absolute Gasteiger partial charge is 0.167 e. The molecule has 0 spiro atoms. The second-order valence-corrected chi connectivity index (χ2v) is 15.1. The molecule has 59 heavy (non-hydrogen) atoms. The summed E-state index contributed by atoms with van der Waals surface area (Å²) in [6.07, 6.45) is 0. The van der Waals surface area contributed by atoms with E-state index in [1.807, 2.05) is 24.3 Å². The van der Waals surface area contributed by atoms with Crippen molar-refractivity contribution in [3.8, 4) is 56.4 Å². The Balaban J connectivity index is 1.06. The molecule has 0 aliphatic rings. The molecule has 0 unspecified atom stereocenters. The quantitative estimate of drug-likeness (QED) is 0.164. The Morgan fingerprint density at radius 3 is 1.53 bits per heavy atom. The van der Waals surface area contributed by atoms with Gasteiger partial charge in [-0.15, -0.1) is 0 Å². The first kappa shape index (κ1) is 33.2. The molecule has 10 aromatic carbocycles. The third-order valence-corrected chi connectivity index (χ3v) is 11.7. The number of hydrogen-bond acceptors (Lipinski definition) is 4. The van der Waals surface area contributed by atoms with Crippen molar-refractivity contribution in [1.82, 2.24) is 15.0 Å². The molecule has 0 N–H and O–H groups in total. The minimum absolute atomic E-state index is 0.559. The Hall–Kier alpha value is -7.95. The van der Waals surface area contributed by atoms with Gasteiger partial charge in [0.15, 0.2) is 17.5 Å². The van der Waals surface area contributed by atoms with Crippen LogP contribution in [0.5, 0.6) is 0 Å².